The van der Waals surface area contributed by atoms with Crippen molar-refractivity contribution in [2.45, 2.75) is 126 Å². The number of benzene rings is 3. The van der Waals surface area contributed by atoms with Crippen LogP contribution in [-0.2, 0) is 22.9 Å². The third-order valence-electron chi connectivity index (χ3n) is 7.96. The first kappa shape index (κ1) is 39.1. The molecule has 0 spiro atoms. The summed E-state index contributed by atoms with van der Waals surface area (Å²) in [7, 11) is 0. The minimum absolute atomic E-state index is 0. The molecule has 4 nitrogen and oxygen atoms in total. The normalized spacial score (nSPS) is 11.5. The van der Waals surface area contributed by atoms with Crippen LogP contribution in [0.2, 0.25) is 0 Å². The van der Waals surface area contributed by atoms with Crippen LogP contribution in [0.4, 0.5) is 11.4 Å². The zero-order valence-corrected chi connectivity index (χ0v) is 29.2. The van der Waals surface area contributed by atoms with Crippen LogP contribution in [0.3, 0.4) is 0 Å². The van der Waals surface area contributed by atoms with Gasteiger partial charge < -0.3 is 10.2 Å². The van der Waals surface area contributed by atoms with Gasteiger partial charge in [-0.25, -0.2) is 0 Å². The number of hydrogen-bond donors (Lipinski definition) is 0. The topological polar surface area (TPSA) is 70.8 Å². The standard InChI is InChI=1S/C30H44N2.C9H12O2.Ni/c1-7-9-11-12-13-14-16-30(32-28-20-18-24(4)26(6)22-28)29(15-10-8-2)31-27-19-17-23(3)25(5)21-27;1-2-4-7-5-3-6-8(10)9(7)11;/h17-22H,7-16H2,1-6H3;3,5-6,10-11H,2,4H2,1H3;/q;;+2/p-2. The summed E-state index contributed by atoms with van der Waals surface area (Å²) in [4.78, 5) is 10.3. The van der Waals surface area contributed by atoms with Gasteiger partial charge in [0.05, 0.1) is 22.8 Å². The maximum atomic E-state index is 11.0. The van der Waals surface area contributed by atoms with E-state index in [9.17, 15) is 10.2 Å². The van der Waals surface area contributed by atoms with Gasteiger partial charge in [-0.2, -0.15) is 0 Å². The van der Waals surface area contributed by atoms with Crippen molar-refractivity contribution < 1.29 is 26.7 Å². The van der Waals surface area contributed by atoms with E-state index in [1.165, 1.54) is 84.7 Å². The Kier molecular flexibility index (Phi) is 19.3. The van der Waals surface area contributed by atoms with Crippen LogP contribution in [0.15, 0.2) is 64.6 Å². The number of rotatable bonds is 15. The van der Waals surface area contributed by atoms with Crippen molar-refractivity contribution in [2.75, 3.05) is 0 Å². The molecule has 44 heavy (non-hydrogen) atoms. The molecule has 0 aliphatic carbocycles. The molecule has 0 radical (unpaired) electrons. The zero-order chi connectivity index (χ0) is 31.6. The van der Waals surface area contributed by atoms with Crippen LogP contribution in [0, 0.1) is 27.7 Å². The third-order valence-corrected chi connectivity index (χ3v) is 7.96. The van der Waals surface area contributed by atoms with Crippen molar-refractivity contribution in [3.8, 4) is 11.5 Å². The summed E-state index contributed by atoms with van der Waals surface area (Å²) < 4.78 is 0. The quantitative estimate of drug-likeness (QED) is 0.0941. The Morgan fingerprint density at radius 2 is 1.07 bits per heavy atom. The third kappa shape index (κ3) is 13.8. The fraction of sp³-hybridized carbons (Fsp3) is 0.487. The average Bonchev–Trinajstić information content (AvgIpc) is 2.99. The number of para-hydroxylation sites is 1. The number of hydrogen-bond acceptors (Lipinski definition) is 4. The Morgan fingerprint density at radius 1 is 0.568 bits per heavy atom. The maximum Gasteiger partial charge on any atom is 2.00 e. The molecule has 0 N–H and O–H groups in total. The van der Waals surface area contributed by atoms with E-state index < -0.39 is 5.75 Å². The predicted octanol–water partition coefficient (Wildman–Crippen LogP) is 10.5. The summed E-state index contributed by atoms with van der Waals surface area (Å²) in [5.74, 6) is -0.731. The van der Waals surface area contributed by atoms with E-state index in [1.807, 2.05) is 6.92 Å². The average molecular weight is 642 g/mol. The van der Waals surface area contributed by atoms with Crippen molar-refractivity contribution in [3.05, 3.63) is 82.4 Å². The van der Waals surface area contributed by atoms with Gasteiger partial charge in [-0.3, -0.25) is 9.98 Å². The molecule has 0 unspecified atom stereocenters. The van der Waals surface area contributed by atoms with Crippen molar-refractivity contribution in [2.24, 2.45) is 9.98 Å². The van der Waals surface area contributed by atoms with E-state index in [4.69, 9.17) is 9.98 Å². The van der Waals surface area contributed by atoms with E-state index in [0.29, 0.717) is 12.0 Å². The van der Waals surface area contributed by atoms with Gasteiger partial charge in [0, 0.05) is 0 Å². The van der Waals surface area contributed by atoms with Crippen LogP contribution in [-0.4, -0.2) is 11.4 Å². The molecule has 0 heterocycles. The minimum atomic E-state index is -0.393. The molecule has 3 rings (SSSR count). The van der Waals surface area contributed by atoms with Gasteiger partial charge in [0.25, 0.3) is 0 Å². The molecule has 0 saturated heterocycles. The summed E-state index contributed by atoms with van der Waals surface area (Å²) in [6.07, 6.45) is 13.7. The fourth-order valence-corrected chi connectivity index (χ4v) is 4.88. The Morgan fingerprint density at radius 3 is 1.57 bits per heavy atom. The number of nitrogens with zero attached hydrogens (tertiary/aromatic N) is 2. The number of aliphatic imine (C=N–C) groups is 2. The summed E-state index contributed by atoms with van der Waals surface area (Å²) in [6.45, 7) is 15.2. The van der Waals surface area contributed by atoms with Gasteiger partial charge in [-0.15, -0.1) is 11.5 Å². The number of aryl methyl sites for hydroxylation is 5. The molecule has 0 aliphatic rings. The predicted molar refractivity (Wildman–Crippen MR) is 183 cm³/mol. The second-order valence-electron chi connectivity index (χ2n) is 11.8. The van der Waals surface area contributed by atoms with Crippen molar-refractivity contribution in [3.63, 3.8) is 0 Å². The second-order valence-corrected chi connectivity index (χ2v) is 11.8. The monoisotopic (exact) mass is 640 g/mol. The Bertz CT molecular complexity index is 1330. The summed E-state index contributed by atoms with van der Waals surface area (Å²) in [5, 5.41) is 21.8. The molecular weight excluding hydrogens is 587 g/mol. The molecule has 5 heteroatoms. The Balaban J connectivity index is 0.000000678. The summed E-state index contributed by atoms with van der Waals surface area (Å²) in [5.41, 5.74) is 10.3. The van der Waals surface area contributed by atoms with Crippen molar-refractivity contribution in [1.82, 2.24) is 0 Å². The van der Waals surface area contributed by atoms with Gasteiger partial charge in [0.1, 0.15) is 0 Å². The molecule has 3 aromatic rings. The first-order valence-corrected chi connectivity index (χ1v) is 16.5. The fourth-order valence-electron chi connectivity index (χ4n) is 4.88. The molecule has 0 aliphatic heterocycles. The van der Waals surface area contributed by atoms with Crippen molar-refractivity contribution >= 4 is 22.8 Å². The Labute approximate surface area is 278 Å². The molecule has 0 saturated carbocycles. The van der Waals surface area contributed by atoms with E-state index >= 15 is 0 Å². The second kappa shape index (κ2) is 21.7. The van der Waals surface area contributed by atoms with Crippen LogP contribution < -0.4 is 10.2 Å². The molecular formula is C39H54N2NiO2. The molecule has 0 atom stereocenters. The van der Waals surface area contributed by atoms with Crippen LogP contribution in [0.25, 0.3) is 0 Å². The van der Waals surface area contributed by atoms with E-state index in [1.54, 1.807) is 12.1 Å². The first-order chi connectivity index (χ1) is 20.7. The largest absolute Gasteiger partial charge is 2.00 e. The van der Waals surface area contributed by atoms with Gasteiger partial charge in [-0.05, 0) is 106 Å². The molecule has 0 aromatic heterocycles. The van der Waals surface area contributed by atoms with Crippen LogP contribution >= 0.6 is 0 Å². The van der Waals surface area contributed by atoms with E-state index in [2.05, 4.69) is 77.9 Å². The smallest absolute Gasteiger partial charge is 0.873 e. The first-order valence-electron chi connectivity index (χ1n) is 16.5. The minimum Gasteiger partial charge on any atom is -0.873 e. The van der Waals surface area contributed by atoms with Crippen LogP contribution in [0.1, 0.15) is 119 Å². The van der Waals surface area contributed by atoms with Gasteiger partial charge >= 0.3 is 16.5 Å². The maximum absolute atomic E-state index is 11.0. The molecule has 0 bridgehead atoms. The van der Waals surface area contributed by atoms with E-state index in [0.717, 1.165) is 37.1 Å². The molecule has 0 fully saturated rings. The van der Waals surface area contributed by atoms with Gasteiger partial charge in [0.15, 0.2) is 0 Å². The Hall–Kier alpha value is -2.91. The SMILES string of the molecule is CCCCCCCCC(=Nc1ccc(C)c(C)c1)C(CCCC)=Nc1ccc(C)c(C)c1.CCCc1cccc([O-])c1[O-].[Ni+2]. The van der Waals surface area contributed by atoms with E-state index in [-0.39, 0.29) is 22.2 Å². The van der Waals surface area contributed by atoms with Crippen molar-refractivity contribution in [1.29, 1.82) is 0 Å². The summed E-state index contributed by atoms with van der Waals surface area (Å²) >= 11 is 0. The molecule has 242 valence electrons. The van der Waals surface area contributed by atoms with Gasteiger partial charge in [0.2, 0.25) is 0 Å². The number of unbranched alkanes of at least 4 members (excludes halogenated alkanes) is 6. The van der Waals surface area contributed by atoms with Crippen LogP contribution in [0.5, 0.6) is 11.5 Å². The summed E-state index contributed by atoms with van der Waals surface area (Å²) in [6, 6.07) is 17.7. The molecule has 3 aromatic carbocycles. The van der Waals surface area contributed by atoms with Gasteiger partial charge in [-0.1, -0.05) is 102 Å². The zero-order valence-electron chi connectivity index (χ0n) is 28.2. The molecule has 0 amide bonds.